The van der Waals surface area contributed by atoms with Gasteiger partial charge in [-0.3, -0.25) is 4.79 Å². The van der Waals surface area contributed by atoms with E-state index in [-0.39, 0.29) is 5.91 Å². The van der Waals surface area contributed by atoms with E-state index in [1.807, 2.05) is 74.5 Å². The number of carbonyl (C=O) groups excluding carboxylic acids is 1. The first-order valence-corrected chi connectivity index (χ1v) is 8.82. The van der Waals surface area contributed by atoms with Crippen LogP contribution in [-0.4, -0.2) is 15.9 Å². The van der Waals surface area contributed by atoms with E-state index < -0.39 is 0 Å². The fourth-order valence-corrected chi connectivity index (χ4v) is 3.11. The van der Waals surface area contributed by atoms with Gasteiger partial charge in [-0.25, -0.2) is 9.97 Å². The highest BCUT2D eigenvalue weighted by Gasteiger charge is 2.14. The number of fused-ring (bicyclic) bond motifs is 1. The van der Waals surface area contributed by atoms with Gasteiger partial charge in [0.25, 0.3) is 5.91 Å². The van der Waals surface area contributed by atoms with Gasteiger partial charge in [0.15, 0.2) is 0 Å². The van der Waals surface area contributed by atoms with E-state index in [4.69, 9.17) is 4.98 Å². The topological polar surface area (TPSA) is 54.9 Å². The average Bonchev–Trinajstić information content (AvgIpc) is 2.67. The van der Waals surface area contributed by atoms with Crippen LogP contribution in [0.3, 0.4) is 0 Å². The van der Waals surface area contributed by atoms with Crippen molar-refractivity contribution in [3.8, 4) is 11.3 Å². The number of anilines is 1. The first-order valence-electron chi connectivity index (χ1n) is 8.82. The number of amides is 1. The molecule has 2 heterocycles. The lowest BCUT2D eigenvalue weighted by atomic mass is 10.0. The summed E-state index contributed by atoms with van der Waals surface area (Å²) in [6.45, 7) is 3.94. The van der Waals surface area contributed by atoms with E-state index in [1.165, 1.54) is 0 Å². The molecule has 0 saturated heterocycles. The molecule has 2 aromatic heterocycles. The molecule has 0 fully saturated rings. The Labute approximate surface area is 157 Å². The van der Waals surface area contributed by atoms with Crippen molar-refractivity contribution in [1.82, 2.24) is 9.97 Å². The van der Waals surface area contributed by atoms with Crippen molar-refractivity contribution >= 4 is 22.6 Å². The highest BCUT2D eigenvalue weighted by molar-refractivity contribution is 6.12. The number of aryl methyl sites for hydroxylation is 2. The van der Waals surface area contributed by atoms with Crippen LogP contribution in [0.2, 0.25) is 0 Å². The van der Waals surface area contributed by atoms with Gasteiger partial charge < -0.3 is 5.32 Å². The average molecular weight is 353 g/mol. The third-order valence-corrected chi connectivity index (χ3v) is 4.40. The SMILES string of the molecule is Cc1cccc(-c2cc(C(=O)Nc3cccc(C)n3)c3ccccc3n2)c1. The Morgan fingerprint density at radius 2 is 1.67 bits per heavy atom. The van der Waals surface area contributed by atoms with Gasteiger partial charge in [-0.2, -0.15) is 0 Å². The van der Waals surface area contributed by atoms with Crippen LogP contribution in [-0.2, 0) is 0 Å². The van der Waals surface area contributed by atoms with Crippen LogP contribution in [0.25, 0.3) is 22.2 Å². The summed E-state index contributed by atoms with van der Waals surface area (Å²) in [7, 11) is 0. The molecule has 4 nitrogen and oxygen atoms in total. The number of nitrogens with one attached hydrogen (secondary N) is 1. The molecule has 132 valence electrons. The van der Waals surface area contributed by atoms with Crippen molar-refractivity contribution in [3.63, 3.8) is 0 Å². The molecule has 4 heteroatoms. The van der Waals surface area contributed by atoms with E-state index in [9.17, 15) is 4.79 Å². The maximum Gasteiger partial charge on any atom is 0.257 e. The molecule has 0 spiro atoms. The predicted molar refractivity (Wildman–Crippen MR) is 109 cm³/mol. The van der Waals surface area contributed by atoms with Gasteiger partial charge >= 0.3 is 0 Å². The Morgan fingerprint density at radius 3 is 2.48 bits per heavy atom. The number of benzene rings is 2. The molecule has 4 aromatic rings. The molecule has 0 aliphatic carbocycles. The van der Waals surface area contributed by atoms with E-state index in [0.29, 0.717) is 11.4 Å². The van der Waals surface area contributed by atoms with Crippen molar-refractivity contribution in [2.24, 2.45) is 0 Å². The van der Waals surface area contributed by atoms with Crippen LogP contribution in [0, 0.1) is 13.8 Å². The second kappa shape index (κ2) is 7.00. The molecule has 1 N–H and O–H groups in total. The standard InChI is InChI=1S/C23H19N3O/c1-15-7-5-9-17(13-15)21-14-19(18-10-3-4-11-20(18)25-21)23(27)26-22-12-6-8-16(2)24-22/h3-14H,1-2H3,(H,24,26,27). The molecule has 1 amide bonds. The monoisotopic (exact) mass is 353 g/mol. The van der Waals surface area contributed by atoms with Gasteiger partial charge in [0.1, 0.15) is 5.82 Å². The van der Waals surface area contributed by atoms with Crippen LogP contribution in [0.4, 0.5) is 5.82 Å². The van der Waals surface area contributed by atoms with Crippen LogP contribution in [0.15, 0.2) is 72.8 Å². The third kappa shape index (κ3) is 3.55. The maximum absolute atomic E-state index is 13.0. The molecule has 0 atom stereocenters. The normalized spacial score (nSPS) is 10.7. The number of rotatable bonds is 3. The molecule has 0 bridgehead atoms. The number of hydrogen-bond donors (Lipinski definition) is 1. The summed E-state index contributed by atoms with van der Waals surface area (Å²) >= 11 is 0. The lowest BCUT2D eigenvalue weighted by Crippen LogP contribution is -2.14. The molecular formula is C23H19N3O. The van der Waals surface area contributed by atoms with Crippen molar-refractivity contribution in [1.29, 1.82) is 0 Å². The fourth-order valence-electron chi connectivity index (χ4n) is 3.11. The third-order valence-electron chi connectivity index (χ3n) is 4.40. The van der Waals surface area contributed by atoms with Crippen molar-refractivity contribution in [2.45, 2.75) is 13.8 Å². The zero-order chi connectivity index (χ0) is 18.8. The summed E-state index contributed by atoms with van der Waals surface area (Å²) < 4.78 is 0. The molecule has 4 rings (SSSR count). The number of nitrogens with zero attached hydrogens (tertiary/aromatic N) is 2. The van der Waals surface area contributed by atoms with Crippen molar-refractivity contribution in [2.75, 3.05) is 5.32 Å². The van der Waals surface area contributed by atoms with Crippen LogP contribution >= 0.6 is 0 Å². The summed E-state index contributed by atoms with van der Waals surface area (Å²) in [5.41, 5.74) is 5.15. The Kier molecular flexibility index (Phi) is 4.38. The number of aromatic nitrogens is 2. The molecule has 0 unspecified atom stereocenters. The Balaban J connectivity index is 1.82. The molecule has 27 heavy (non-hydrogen) atoms. The van der Waals surface area contributed by atoms with Crippen molar-refractivity contribution in [3.05, 3.63) is 89.6 Å². The first kappa shape index (κ1) is 16.9. The Hall–Kier alpha value is -3.53. The van der Waals surface area contributed by atoms with E-state index >= 15 is 0 Å². The molecule has 2 aromatic carbocycles. The van der Waals surface area contributed by atoms with E-state index in [0.717, 1.165) is 33.4 Å². The number of para-hydroxylation sites is 1. The number of carbonyl (C=O) groups is 1. The zero-order valence-electron chi connectivity index (χ0n) is 15.2. The summed E-state index contributed by atoms with van der Waals surface area (Å²) in [5.74, 6) is 0.346. The zero-order valence-corrected chi connectivity index (χ0v) is 15.2. The summed E-state index contributed by atoms with van der Waals surface area (Å²) in [6.07, 6.45) is 0. The summed E-state index contributed by atoms with van der Waals surface area (Å²) in [6, 6.07) is 23.2. The minimum atomic E-state index is -0.194. The highest BCUT2D eigenvalue weighted by atomic mass is 16.1. The van der Waals surface area contributed by atoms with E-state index in [1.54, 1.807) is 6.07 Å². The molecular weight excluding hydrogens is 334 g/mol. The highest BCUT2D eigenvalue weighted by Crippen LogP contribution is 2.26. The fraction of sp³-hybridized carbons (Fsp3) is 0.0870. The van der Waals surface area contributed by atoms with Crippen molar-refractivity contribution < 1.29 is 4.79 Å². The van der Waals surface area contributed by atoms with Gasteiger partial charge in [0, 0.05) is 16.6 Å². The minimum absolute atomic E-state index is 0.194. The van der Waals surface area contributed by atoms with Crippen LogP contribution in [0.5, 0.6) is 0 Å². The van der Waals surface area contributed by atoms with Gasteiger partial charge in [0.2, 0.25) is 0 Å². The quantitative estimate of drug-likeness (QED) is 0.553. The minimum Gasteiger partial charge on any atom is -0.307 e. The predicted octanol–water partition coefficient (Wildman–Crippen LogP) is 5.17. The number of hydrogen-bond acceptors (Lipinski definition) is 3. The first-order chi connectivity index (χ1) is 13.1. The molecule has 0 saturated carbocycles. The number of pyridine rings is 2. The van der Waals surface area contributed by atoms with Gasteiger partial charge in [-0.05, 0) is 44.2 Å². The van der Waals surface area contributed by atoms with Crippen LogP contribution in [0.1, 0.15) is 21.6 Å². The van der Waals surface area contributed by atoms with Gasteiger partial charge in [0.05, 0.1) is 16.8 Å². The molecule has 0 aliphatic heterocycles. The molecule has 0 aliphatic rings. The van der Waals surface area contributed by atoms with E-state index in [2.05, 4.69) is 16.4 Å². The lowest BCUT2D eigenvalue weighted by Gasteiger charge is -2.11. The maximum atomic E-state index is 13.0. The molecule has 0 radical (unpaired) electrons. The second-order valence-corrected chi connectivity index (χ2v) is 6.56. The lowest BCUT2D eigenvalue weighted by molar-refractivity contribution is 0.102. The summed E-state index contributed by atoms with van der Waals surface area (Å²) in [5, 5.41) is 3.72. The second-order valence-electron chi connectivity index (χ2n) is 6.56. The Morgan fingerprint density at radius 1 is 0.852 bits per heavy atom. The summed E-state index contributed by atoms with van der Waals surface area (Å²) in [4.78, 5) is 22.1. The Bertz CT molecular complexity index is 1150. The van der Waals surface area contributed by atoms with Gasteiger partial charge in [-0.1, -0.05) is 48.0 Å². The smallest absolute Gasteiger partial charge is 0.257 e. The van der Waals surface area contributed by atoms with Crippen LogP contribution < -0.4 is 5.32 Å². The largest absolute Gasteiger partial charge is 0.307 e. The van der Waals surface area contributed by atoms with Gasteiger partial charge in [-0.15, -0.1) is 0 Å².